The van der Waals surface area contributed by atoms with Crippen LogP contribution in [0.5, 0.6) is 5.75 Å². The SMILES string of the molecule is C#C/C(=C\C=C/C)S(=O)(=O)Nc1cc(SCCO)c(O)c2ccccc12. The van der Waals surface area contributed by atoms with Gasteiger partial charge in [-0.25, -0.2) is 8.42 Å². The third kappa shape index (κ3) is 4.41. The Morgan fingerprint density at radius 2 is 2.04 bits per heavy atom. The number of rotatable bonds is 7. The quantitative estimate of drug-likeness (QED) is 0.292. The number of fused-ring (bicyclic) bond motifs is 1. The van der Waals surface area contributed by atoms with Crippen molar-refractivity contribution in [1.29, 1.82) is 0 Å². The van der Waals surface area contributed by atoms with Crippen LogP contribution < -0.4 is 4.72 Å². The molecule has 0 radical (unpaired) electrons. The number of aliphatic hydroxyl groups is 1. The topological polar surface area (TPSA) is 86.6 Å². The number of terminal acetylenes is 1. The maximum Gasteiger partial charge on any atom is 0.269 e. The number of hydrogen-bond donors (Lipinski definition) is 3. The van der Waals surface area contributed by atoms with Crippen LogP contribution in [0.2, 0.25) is 0 Å². The molecule has 136 valence electrons. The van der Waals surface area contributed by atoms with Gasteiger partial charge in [0, 0.05) is 16.5 Å². The molecule has 7 heteroatoms. The van der Waals surface area contributed by atoms with Gasteiger partial charge in [-0.1, -0.05) is 42.3 Å². The number of aromatic hydroxyl groups is 1. The fourth-order valence-electron chi connectivity index (χ4n) is 2.28. The van der Waals surface area contributed by atoms with Crippen LogP contribution in [0.1, 0.15) is 6.92 Å². The van der Waals surface area contributed by atoms with Gasteiger partial charge in [-0.2, -0.15) is 0 Å². The second kappa shape index (κ2) is 8.81. The molecule has 2 aromatic rings. The Hall–Kier alpha value is -2.40. The van der Waals surface area contributed by atoms with Crippen LogP contribution in [-0.2, 0) is 10.0 Å². The van der Waals surface area contributed by atoms with E-state index < -0.39 is 10.0 Å². The predicted octanol–water partition coefficient (Wildman–Crippen LogP) is 3.46. The number of phenols is 1. The van der Waals surface area contributed by atoms with Crippen LogP contribution in [0.15, 0.2) is 58.4 Å². The third-order valence-corrected chi connectivity index (χ3v) is 5.78. The van der Waals surface area contributed by atoms with Gasteiger partial charge in [-0.3, -0.25) is 4.72 Å². The van der Waals surface area contributed by atoms with Crippen molar-refractivity contribution in [3.63, 3.8) is 0 Å². The molecule has 0 aliphatic heterocycles. The lowest BCUT2D eigenvalue weighted by atomic mass is 10.1. The van der Waals surface area contributed by atoms with E-state index in [4.69, 9.17) is 11.5 Å². The summed E-state index contributed by atoms with van der Waals surface area (Å²) in [7, 11) is -3.96. The van der Waals surface area contributed by atoms with Gasteiger partial charge in [0.15, 0.2) is 0 Å². The summed E-state index contributed by atoms with van der Waals surface area (Å²) in [6.45, 7) is 1.69. The van der Waals surface area contributed by atoms with E-state index in [2.05, 4.69) is 10.6 Å². The van der Waals surface area contributed by atoms with E-state index in [1.165, 1.54) is 17.8 Å². The zero-order chi connectivity index (χ0) is 19.2. The van der Waals surface area contributed by atoms with Crippen LogP contribution in [0.3, 0.4) is 0 Å². The summed E-state index contributed by atoms with van der Waals surface area (Å²) in [5.41, 5.74) is 0.306. The molecule has 3 N–H and O–H groups in total. The lowest BCUT2D eigenvalue weighted by molar-refractivity contribution is 0.322. The molecule has 2 rings (SSSR count). The zero-order valence-corrected chi connectivity index (χ0v) is 15.8. The third-order valence-electron chi connectivity index (χ3n) is 3.45. The first kappa shape index (κ1) is 19.9. The molecule has 2 aromatic carbocycles. The average Bonchev–Trinajstić information content (AvgIpc) is 2.63. The number of phenolic OH excluding ortho intramolecular Hbond substituents is 1. The van der Waals surface area contributed by atoms with E-state index in [9.17, 15) is 13.5 Å². The van der Waals surface area contributed by atoms with Gasteiger partial charge in [0.1, 0.15) is 10.7 Å². The van der Waals surface area contributed by atoms with Crippen LogP contribution in [0.4, 0.5) is 5.69 Å². The summed E-state index contributed by atoms with van der Waals surface area (Å²) in [6, 6.07) is 8.44. The number of sulfonamides is 1. The van der Waals surface area contributed by atoms with Crippen molar-refractivity contribution >= 4 is 38.2 Å². The molecule has 0 aliphatic carbocycles. The number of allylic oxidation sites excluding steroid dienone is 4. The molecular weight excluding hydrogens is 370 g/mol. The average molecular weight is 389 g/mol. The maximum absolute atomic E-state index is 12.6. The van der Waals surface area contributed by atoms with Gasteiger partial charge in [-0.15, -0.1) is 18.2 Å². The highest BCUT2D eigenvalue weighted by atomic mass is 32.2. The summed E-state index contributed by atoms with van der Waals surface area (Å²) in [4.78, 5) is 0.271. The van der Waals surface area contributed by atoms with E-state index in [0.29, 0.717) is 27.1 Å². The first-order valence-corrected chi connectivity index (χ1v) is 10.2. The molecule has 0 unspecified atom stereocenters. The predicted molar refractivity (Wildman–Crippen MR) is 108 cm³/mol. The van der Waals surface area contributed by atoms with Crippen molar-refractivity contribution in [2.24, 2.45) is 0 Å². The monoisotopic (exact) mass is 389 g/mol. The molecule has 0 heterocycles. The van der Waals surface area contributed by atoms with Crippen LogP contribution in [-0.4, -0.2) is 31.0 Å². The number of anilines is 1. The fourth-order valence-corrected chi connectivity index (χ4v) is 4.02. The fraction of sp³-hybridized carbons (Fsp3) is 0.158. The van der Waals surface area contributed by atoms with E-state index in [0.717, 1.165) is 0 Å². The minimum absolute atomic E-state index is 0.0450. The van der Waals surface area contributed by atoms with E-state index in [-0.39, 0.29) is 17.3 Å². The Balaban J connectivity index is 2.58. The van der Waals surface area contributed by atoms with Gasteiger partial charge in [0.25, 0.3) is 10.0 Å². The van der Waals surface area contributed by atoms with Gasteiger partial charge in [-0.05, 0) is 19.1 Å². The van der Waals surface area contributed by atoms with Crippen molar-refractivity contribution < 1.29 is 18.6 Å². The molecular formula is C19H19NO4S2. The second-order valence-electron chi connectivity index (χ2n) is 5.20. The Morgan fingerprint density at radius 1 is 1.35 bits per heavy atom. The highest BCUT2D eigenvalue weighted by Gasteiger charge is 2.19. The first-order valence-electron chi connectivity index (χ1n) is 7.75. The number of hydrogen-bond acceptors (Lipinski definition) is 5. The molecule has 0 bridgehead atoms. The maximum atomic E-state index is 12.6. The minimum atomic E-state index is -3.96. The van der Waals surface area contributed by atoms with Crippen LogP contribution in [0, 0.1) is 12.3 Å². The van der Waals surface area contributed by atoms with Crippen molar-refractivity contribution in [2.75, 3.05) is 17.1 Å². The molecule has 0 atom stereocenters. The van der Waals surface area contributed by atoms with E-state index in [1.54, 1.807) is 49.4 Å². The summed E-state index contributed by atoms with van der Waals surface area (Å²) in [5.74, 6) is 2.59. The van der Waals surface area contributed by atoms with Crippen molar-refractivity contribution in [3.05, 3.63) is 53.5 Å². The molecule has 5 nitrogen and oxygen atoms in total. The Kier molecular flexibility index (Phi) is 6.75. The van der Waals surface area contributed by atoms with Crippen molar-refractivity contribution in [1.82, 2.24) is 0 Å². The van der Waals surface area contributed by atoms with Crippen LogP contribution in [0.25, 0.3) is 10.8 Å². The largest absolute Gasteiger partial charge is 0.506 e. The summed E-state index contributed by atoms with van der Waals surface area (Å²) >= 11 is 1.23. The molecule has 0 saturated heterocycles. The highest BCUT2D eigenvalue weighted by molar-refractivity contribution is 7.99. The number of nitrogens with one attached hydrogen (secondary N) is 1. The number of thioether (sulfide) groups is 1. The summed E-state index contributed by atoms with van der Waals surface area (Å²) in [6.07, 6.45) is 9.90. The lowest BCUT2D eigenvalue weighted by Crippen LogP contribution is -2.14. The molecule has 26 heavy (non-hydrogen) atoms. The van der Waals surface area contributed by atoms with Gasteiger partial charge in [0.05, 0.1) is 17.2 Å². The Bertz CT molecular complexity index is 1000. The van der Waals surface area contributed by atoms with Gasteiger partial charge >= 0.3 is 0 Å². The number of aliphatic hydroxyl groups excluding tert-OH is 1. The van der Waals surface area contributed by atoms with Crippen LogP contribution >= 0.6 is 11.8 Å². The van der Waals surface area contributed by atoms with Gasteiger partial charge in [0.2, 0.25) is 0 Å². The molecule has 0 amide bonds. The number of benzene rings is 2. The smallest absolute Gasteiger partial charge is 0.269 e. The lowest BCUT2D eigenvalue weighted by Gasteiger charge is -2.14. The Labute approximate surface area is 157 Å². The normalized spacial score (nSPS) is 12.4. The van der Waals surface area contributed by atoms with Gasteiger partial charge < -0.3 is 10.2 Å². The minimum Gasteiger partial charge on any atom is -0.506 e. The summed E-state index contributed by atoms with van der Waals surface area (Å²) in [5, 5.41) is 20.5. The van der Waals surface area contributed by atoms with E-state index in [1.807, 2.05) is 0 Å². The first-order chi connectivity index (χ1) is 12.4. The van der Waals surface area contributed by atoms with Crippen molar-refractivity contribution in [2.45, 2.75) is 11.8 Å². The van der Waals surface area contributed by atoms with E-state index >= 15 is 0 Å². The second-order valence-corrected chi connectivity index (χ2v) is 7.98. The molecule has 0 aromatic heterocycles. The van der Waals surface area contributed by atoms with Crippen molar-refractivity contribution in [3.8, 4) is 18.1 Å². The molecule has 0 saturated carbocycles. The zero-order valence-electron chi connectivity index (χ0n) is 14.1. The molecule has 0 aliphatic rings. The molecule has 0 spiro atoms. The molecule has 0 fully saturated rings. The Morgan fingerprint density at radius 3 is 2.65 bits per heavy atom. The highest BCUT2D eigenvalue weighted by Crippen LogP contribution is 2.40. The standard InChI is InChI=1S/C19H19NO4S2/c1-3-5-8-14(4-2)26(23,24)20-17-13-18(25-12-11-21)19(22)16-10-7-6-9-15(16)17/h2-3,5-10,13,20-22H,11-12H2,1H3/b5-3-,14-8+. The summed E-state index contributed by atoms with van der Waals surface area (Å²) < 4.78 is 27.8.